The minimum absolute atomic E-state index is 0.0152. The fourth-order valence-corrected chi connectivity index (χ4v) is 4.83. The molecular formula is C22H27F3N4O3. The molecule has 2 unspecified atom stereocenters. The molecule has 0 radical (unpaired) electrons. The molecule has 2 atom stereocenters. The van der Waals surface area contributed by atoms with Crippen molar-refractivity contribution in [2.24, 2.45) is 5.92 Å². The van der Waals surface area contributed by atoms with Gasteiger partial charge >= 0.3 is 6.18 Å². The predicted molar refractivity (Wildman–Crippen MR) is 109 cm³/mol. The number of hydrogen-bond acceptors (Lipinski definition) is 5. The molecule has 3 N–H and O–H groups in total. The summed E-state index contributed by atoms with van der Waals surface area (Å²) in [4.78, 5) is 37.9. The Balaban J connectivity index is 1.46. The SMILES string of the molecule is O=C1CCC(N2Cc3c(CNC(CC4CCNCC4)C(F)(F)F)cccc3C2=O)C(=O)N1. The van der Waals surface area contributed by atoms with E-state index in [-0.39, 0.29) is 50.1 Å². The third-order valence-electron chi connectivity index (χ3n) is 6.64. The lowest BCUT2D eigenvalue weighted by Crippen LogP contribution is -2.52. The average molecular weight is 452 g/mol. The van der Waals surface area contributed by atoms with E-state index in [1.165, 1.54) is 4.90 Å². The lowest BCUT2D eigenvalue weighted by atomic mass is 9.90. The van der Waals surface area contributed by atoms with Gasteiger partial charge in [-0.25, -0.2) is 0 Å². The van der Waals surface area contributed by atoms with Crippen LogP contribution in [0.3, 0.4) is 0 Å². The third kappa shape index (κ3) is 4.80. The first-order valence-corrected chi connectivity index (χ1v) is 11.0. The van der Waals surface area contributed by atoms with Gasteiger partial charge in [0.05, 0.1) is 0 Å². The number of nitrogens with zero attached hydrogens (tertiary/aromatic N) is 1. The molecular weight excluding hydrogens is 425 g/mol. The van der Waals surface area contributed by atoms with E-state index >= 15 is 0 Å². The van der Waals surface area contributed by atoms with Crippen molar-refractivity contribution in [2.45, 2.75) is 63.5 Å². The molecule has 1 aromatic rings. The van der Waals surface area contributed by atoms with E-state index in [2.05, 4.69) is 16.0 Å². The summed E-state index contributed by atoms with van der Waals surface area (Å²) >= 11 is 0. The highest BCUT2D eigenvalue weighted by Gasteiger charge is 2.42. The number of imide groups is 1. The zero-order valence-corrected chi connectivity index (χ0v) is 17.6. The number of amides is 3. The molecule has 3 aliphatic heterocycles. The zero-order chi connectivity index (χ0) is 22.9. The smallest absolute Gasteiger partial charge is 0.322 e. The second kappa shape index (κ2) is 9.19. The Bertz CT molecular complexity index is 899. The monoisotopic (exact) mass is 452 g/mol. The number of carbonyl (C=O) groups is 3. The minimum Gasteiger partial charge on any atom is -0.322 e. The molecule has 0 aliphatic carbocycles. The predicted octanol–water partition coefficient (Wildman–Crippen LogP) is 1.86. The molecule has 32 heavy (non-hydrogen) atoms. The standard InChI is InChI=1S/C22H27F3N4O3/c23-22(24,25)18(10-13-6-8-26-9-7-13)27-11-14-2-1-3-15-16(14)12-29(21(15)32)17-4-5-19(30)28-20(17)31/h1-3,13,17-18,26-27H,4-12H2,(H,28,30,31). The Morgan fingerprint density at radius 2 is 1.88 bits per heavy atom. The second-order valence-corrected chi connectivity index (χ2v) is 8.75. The Morgan fingerprint density at radius 3 is 2.56 bits per heavy atom. The summed E-state index contributed by atoms with van der Waals surface area (Å²) < 4.78 is 41.0. The highest BCUT2D eigenvalue weighted by Crippen LogP contribution is 2.32. The number of benzene rings is 1. The Kier molecular flexibility index (Phi) is 6.52. The van der Waals surface area contributed by atoms with Crippen molar-refractivity contribution < 1.29 is 27.6 Å². The average Bonchev–Trinajstić information content (AvgIpc) is 3.08. The lowest BCUT2D eigenvalue weighted by molar-refractivity contribution is -0.160. The van der Waals surface area contributed by atoms with E-state index in [4.69, 9.17) is 0 Å². The molecule has 3 amide bonds. The van der Waals surface area contributed by atoms with Gasteiger partial charge in [0.1, 0.15) is 12.1 Å². The summed E-state index contributed by atoms with van der Waals surface area (Å²) in [6.07, 6.45) is -2.49. The van der Waals surface area contributed by atoms with Crippen LogP contribution in [0.25, 0.3) is 0 Å². The Morgan fingerprint density at radius 1 is 1.12 bits per heavy atom. The van der Waals surface area contributed by atoms with Crippen LogP contribution < -0.4 is 16.0 Å². The molecule has 0 saturated carbocycles. The molecule has 3 heterocycles. The maximum absolute atomic E-state index is 13.7. The first kappa shape index (κ1) is 22.7. The summed E-state index contributed by atoms with van der Waals surface area (Å²) in [5.41, 5.74) is 1.65. The van der Waals surface area contributed by atoms with Crippen molar-refractivity contribution in [3.63, 3.8) is 0 Å². The van der Waals surface area contributed by atoms with E-state index < -0.39 is 24.2 Å². The summed E-state index contributed by atoms with van der Waals surface area (Å²) in [5.74, 6) is -1.20. The van der Waals surface area contributed by atoms with Crippen LogP contribution in [0.15, 0.2) is 18.2 Å². The first-order valence-electron chi connectivity index (χ1n) is 11.0. The van der Waals surface area contributed by atoms with E-state index in [1.807, 2.05) is 0 Å². The van der Waals surface area contributed by atoms with Crippen molar-refractivity contribution in [1.29, 1.82) is 0 Å². The van der Waals surface area contributed by atoms with E-state index in [0.29, 0.717) is 16.7 Å². The van der Waals surface area contributed by atoms with Crippen LogP contribution in [-0.4, -0.2) is 54.0 Å². The normalized spacial score (nSPS) is 23.3. The molecule has 2 saturated heterocycles. The Hall–Kier alpha value is -2.46. The minimum atomic E-state index is -4.36. The summed E-state index contributed by atoms with van der Waals surface area (Å²) in [6, 6.07) is 2.62. The number of alkyl halides is 3. The largest absolute Gasteiger partial charge is 0.403 e. The molecule has 0 aromatic heterocycles. The van der Waals surface area contributed by atoms with Crippen molar-refractivity contribution in [1.82, 2.24) is 20.9 Å². The number of halogens is 3. The first-order chi connectivity index (χ1) is 15.2. The summed E-state index contributed by atoms with van der Waals surface area (Å²) in [6.45, 7) is 1.59. The van der Waals surface area contributed by atoms with Gasteiger partial charge in [-0.05, 0) is 61.9 Å². The lowest BCUT2D eigenvalue weighted by Gasteiger charge is -2.30. The fourth-order valence-electron chi connectivity index (χ4n) is 4.83. The maximum atomic E-state index is 13.7. The van der Waals surface area contributed by atoms with Gasteiger partial charge in [-0.2, -0.15) is 13.2 Å². The topological polar surface area (TPSA) is 90.5 Å². The van der Waals surface area contributed by atoms with Gasteiger partial charge < -0.3 is 15.5 Å². The summed E-state index contributed by atoms with van der Waals surface area (Å²) in [7, 11) is 0. The Labute approximate surface area is 184 Å². The van der Waals surface area contributed by atoms with E-state index in [0.717, 1.165) is 25.9 Å². The van der Waals surface area contributed by atoms with Crippen LogP contribution in [0.4, 0.5) is 13.2 Å². The fraction of sp³-hybridized carbons (Fsp3) is 0.591. The number of carbonyl (C=O) groups excluding carboxylic acids is 3. The van der Waals surface area contributed by atoms with Crippen molar-refractivity contribution in [3.8, 4) is 0 Å². The molecule has 10 heteroatoms. The quantitative estimate of drug-likeness (QED) is 0.574. The zero-order valence-electron chi connectivity index (χ0n) is 17.6. The number of piperidine rings is 2. The van der Waals surface area contributed by atoms with Crippen LogP contribution in [0.2, 0.25) is 0 Å². The molecule has 0 spiro atoms. The third-order valence-corrected chi connectivity index (χ3v) is 6.64. The van der Waals surface area contributed by atoms with E-state index in [1.54, 1.807) is 18.2 Å². The van der Waals surface area contributed by atoms with Gasteiger partial charge in [0.25, 0.3) is 5.91 Å². The van der Waals surface area contributed by atoms with Crippen LogP contribution >= 0.6 is 0 Å². The van der Waals surface area contributed by atoms with Gasteiger partial charge in [-0.3, -0.25) is 19.7 Å². The molecule has 7 nitrogen and oxygen atoms in total. The molecule has 0 bridgehead atoms. The second-order valence-electron chi connectivity index (χ2n) is 8.75. The van der Waals surface area contributed by atoms with Gasteiger partial charge in [0.2, 0.25) is 11.8 Å². The maximum Gasteiger partial charge on any atom is 0.403 e. The number of nitrogens with one attached hydrogen (secondary N) is 3. The molecule has 2 fully saturated rings. The highest BCUT2D eigenvalue weighted by molar-refractivity contribution is 6.05. The van der Waals surface area contributed by atoms with Gasteiger partial charge in [0, 0.05) is 25.1 Å². The van der Waals surface area contributed by atoms with Gasteiger partial charge in [-0.15, -0.1) is 0 Å². The van der Waals surface area contributed by atoms with Crippen molar-refractivity contribution in [2.75, 3.05) is 13.1 Å². The summed E-state index contributed by atoms with van der Waals surface area (Å²) in [5, 5.41) is 8.10. The van der Waals surface area contributed by atoms with Crippen LogP contribution in [0, 0.1) is 5.92 Å². The molecule has 4 rings (SSSR count). The molecule has 174 valence electrons. The van der Waals surface area contributed by atoms with Crippen molar-refractivity contribution in [3.05, 3.63) is 34.9 Å². The van der Waals surface area contributed by atoms with Crippen molar-refractivity contribution >= 4 is 17.7 Å². The molecule has 1 aromatic carbocycles. The van der Waals surface area contributed by atoms with E-state index in [9.17, 15) is 27.6 Å². The number of fused-ring (bicyclic) bond motifs is 1. The highest BCUT2D eigenvalue weighted by atomic mass is 19.4. The van der Waals surface area contributed by atoms with Gasteiger partial charge in [-0.1, -0.05) is 12.1 Å². The number of hydrogen-bond donors (Lipinski definition) is 3. The van der Waals surface area contributed by atoms with Crippen LogP contribution in [-0.2, 0) is 22.7 Å². The van der Waals surface area contributed by atoms with Crippen LogP contribution in [0.1, 0.15) is 53.6 Å². The van der Waals surface area contributed by atoms with Crippen LogP contribution in [0.5, 0.6) is 0 Å². The number of rotatable bonds is 6. The molecule has 3 aliphatic rings. The van der Waals surface area contributed by atoms with Gasteiger partial charge in [0.15, 0.2) is 0 Å².